The van der Waals surface area contributed by atoms with Crippen molar-refractivity contribution in [1.29, 1.82) is 0 Å². The van der Waals surface area contributed by atoms with Crippen LogP contribution < -0.4 is 0 Å². The zero-order valence-corrected chi connectivity index (χ0v) is 8.60. The molecule has 2 heterocycles. The van der Waals surface area contributed by atoms with E-state index in [2.05, 4.69) is 17.2 Å². The fourth-order valence-corrected chi connectivity index (χ4v) is 2.14. The van der Waals surface area contributed by atoms with E-state index in [1.165, 1.54) is 23.7 Å². The molecule has 0 amide bonds. The van der Waals surface area contributed by atoms with Gasteiger partial charge in [0.1, 0.15) is 0 Å². The van der Waals surface area contributed by atoms with Crippen LogP contribution in [-0.4, -0.2) is 16.4 Å². The highest BCUT2D eigenvalue weighted by Gasteiger charge is 2.17. The number of benzene rings is 1. The minimum atomic E-state index is 0.138. The van der Waals surface area contributed by atoms with Crippen molar-refractivity contribution in [3.8, 4) is 0 Å². The molecule has 1 atom stereocenters. The van der Waals surface area contributed by atoms with Crippen molar-refractivity contribution in [2.45, 2.75) is 25.5 Å². The first-order valence-electron chi connectivity index (χ1n) is 5.49. The summed E-state index contributed by atoms with van der Waals surface area (Å²) in [6, 6.07) is 8.27. The summed E-state index contributed by atoms with van der Waals surface area (Å²) in [5.74, 6) is 0. The van der Waals surface area contributed by atoms with Crippen LogP contribution in [0, 0.1) is 0 Å². The SMILES string of the molecule is c1ccc2c(c1)cnn2[C@H]1CCCCO1. The summed E-state index contributed by atoms with van der Waals surface area (Å²) in [5, 5.41) is 5.60. The second-order valence-corrected chi connectivity index (χ2v) is 3.97. The third kappa shape index (κ3) is 1.53. The van der Waals surface area contributed by atoms with E-state index in [0.717, 1.165) is 13.0 Å². The number of nitrogens with zero attached hydrogens (tertiary/aromatic N) is 2. The van der Waals surface area contributed by atoms with E-state index in [0.29, 0.717) is 0 Å². The molecule has 78 valence electrons. The molecule has 1 aliphatic rings. The Morgan fingerprint density at radius 3 is 3.07 bits per heavy atom. The predicted octanol–water partition coefficient (Wildman–Crippen LogP) is 2.74. The summed E-state index contributed by atoms with van der Waals surface area (Å²) in [7, 11) is 0. The molecule has 0 bridgehead atoms. The summed E-state index contributed by atoms with van der Waals surface area (Å²) in [6.45, 7) is 0.860. The van der Waals surface area contributed by atoms with Gasteiger partial charge in [0.2, 0.25) is 0 Å². The van der Waals surface area contributed by atoms with Gasteiger partial charge in [-0.05, 0) is 25.3 Å². The van der Waals surface area contributed by atoms with Crippen molar-refractivity contribution in [2.75, 3.05) is 6.61 Å². The molecule has 15 heavy (non-hydrogen) atoms. The highest BCUT2D eigenvalue weighted by molar-refractivity contribution is 5.78. The van der Waals surface area contributed by atoms with E-state index in [-0.39, 0.29) is 6.23 Å². The van der Waals surface area contributed by atoms with Gasteiger partial charge in [0.05, 0.1) is 11.7 Å². The smallest absolute Gasteiger partial charge is 0.150 e. The topological polar surface area (TPSA) is 27.1 Å². The van der Waals surface area contributed by atoms with Gasteiger partial charge in [-0.15, -0.1) is 0 Å². The van der Waals surface area contributed by atoms with Crippen molar-refractivity contribution < 1.29 is 4.74 Å². The summed E-state index contributed by atoms with van der Waals surface area (Å²) >= 11 is 0. The van der Waals surface area contributed by atoms with Crippen LogP contribution in [-0.2, 0) is 4.74 Å². The van der Waals surface area contributed by atoms with Gasteiger partial charge in [0.25, 0.3) is 0 Å². The molecule has 0 spiro atoms. The molecule has 0 radical (unpaired) electrons. The Balaban J connectivity index is 2.02. The maximum atomic E-state index is 5.73. The number of aromatic nitrogens is 2. The molecule has 3 rings (SSSR count). The Morgan fingerprint density at radius 1 is 1.27 bits per heavy atom. The lowest BCUT2D eigenvalue weighted by Gasteiger charge is -2.23. The highest BCUT2D eigenvalue weighted by atomic mass is 16.5. The van der Waals surface area contributed by atoms with Crippen LogP contribution in [0.5, 0.6) is 0 Å². The number of fused-ring (bicyclic) bond motifs is 1. The quantitative estimate of drug-likeness (QED) is 0.711. The van der Waals surface area contributed by atoms with Gasteiger partial charge in [-0.2, -0.15) is 5.10 Å². The molecular formula is C12H14N2O. The third-order valence-corrected chi connectivity index (χ3v) is 2.93. The molecule has 2 aromatic rings. The van der Waals surface area contributed by atoms with E-state index < -0.39 is 0 Å². The van der Waals surface area contributed by atoms with E-state index in [4.69, 9.17) is 4.74 Å². The fraction of sp³-hybridized carbons (Fsp3) is 0.417. The van der Waals surface area contributed by atoms with Crippen molar-refractivity contribution >= 4 is 10.9 Å². The molecule has 1 fully saturated rings. The summed E-state index contributed by atoms with van der Waals surface area (Å²) < 4.78 is 7.74. The second kappa shape index (κ2) is 3.66. The number of hydrogen-bond acceptors (Lipinski definition) is 2. The first-order valence-corrected chi connectivity index (χ1v) is 5.49. The molecule has 1 aliphatic heterocycles. The van der Waals surface area contributed by atoms with Crippen LogP contribution in [0.4, 0.5) is 0 Å². The average Bonchev–Trinajstić information content (AvgIpc) is 2.74. The molecule has 0 saturated carbocycles. The van der Waals surface area contributed by atoms with E-state index >= 15 is 0 Å². The Bertz CT molecular complexity index is 457. The van der Waals surface area contributed by atoms with Gasteiger partial charge in [0.15, 0.2) is 6.23 Å². The van der Waals surface area contributed by atoms with Crippen molar-refractivity contribution in [1.82, 2.24) is 9.78 Å². The van der Waals surface area contributed by atoms with E-state index in [1.54, 1.807) is 0 Å². The van der Waals surface area contributed by atoms with Gasteiger partial charge in [-0.1, -0.05) is 18.2 Å². The normalized spacial score (nSPS) is 22.0. The Morgan fingerprint density at radius 2 is 2.20 bits per heavy atom. The van der Waals surface area contributed by atoms with Crippen LogP contribution >= 0.6 is 0 Å². The lowest BCUT2D eigenvalue weighted by molar-refractivity contribution is -0.0366. The number of ether oxygens (including phenoxy) is 1. The maximum absolute atomic E-state index is 5.73. The van der Waals surface area contributed by atoms with Gasteiger partial charge >= 0.3 is 0 Å². The largest absolute Gasteiger partial charge is 0.356 e. The average molecular weight is 202 g/mol. The van der Waals surface area contributed by atoms with Crippen molar-refractivity contribution in [3.63, 3.8) is 0 Å². The van der Waals surface area contributed by atoms with E-state index in [1.807, 2.05) is 23.0 Å². The van der Waals surface area contributed by atoms with Crippen LogP contribution in [0.1, 0.15) is 25.5 Å². The van der Waals surface area contributed by atoms with E-state index in [9.17, 15) is 0 Å². The molecule has 3 nitrogen and oxygen atoms in total. The van der Waals surface area contributed by atoms with Crippen LogP contribution in [0.15, 0.2) is 30.5 Å². The number of hydrogen-bond donors (Lipinski definition) is 0. The van der Waals surface area contributed by atoms with Crippen LogP contribution in [0.25, 0.3) is 10.9 Å². The van der Waals surface area contributed by atoms with Crippen LogP contribution in [0.3, 0.4) is 0 Å². The standard InChI is InChI=1S/C12H14N2O/c1-2-6-11-10(5-1)9-13-14(11)12-7-3-4-8-15-12/h1-2,5-6,9,12H,3-4,7-8H2/t12-/m1/s1. The number of para-hydroxylation sites is 1. The molecule has 0 N–H and O–H groups in total. The van der Waals surface area contributed by atoms with Crippen molar-refractivity contribution in [2.24, 2.45) is 0 Å². The third-order valence-electron chi connectivity index (χ3n) is 2.93. The zero-order valence-electron chi connectivity index (χ0n) is 8.60. The Labute approximate surface area is 88.7 Å². The van der Waals surface area contributed by atoms with Gasteiger partial charge in [0, 0.05) is 12.0 Å². The molecule has 3 heteroatoms. The second-order valence-electron chi connectivity index (χ2n) is 3.97. The molecular weight excluding hydrogens is 188 g/mol. The van der Waals surface area contributed by atoms with Gasteiger partial charge in [-0.3, -0.25) is 0 Å². The Kier molecular flexibility index (Phi) is 2.18. The summed E-state index contributed by atoms with van der Waals surface area (Å²) in [4.78, 5) is 0. The fourth-order valence-electron chi connectivity index (χ4n) is 2.14. The minimum Gasteiger partial charge on any atom is -0.356 e. The first-order chi connectivity index (χ1) is 7.45. The van der Waals surface area contributed by atoms with Crippen molar-refractivity contribution in [3.05, 3.63) is 30.5 Å². The lowest BCUT2D eigenvalue weighted by atomic mass is 10.2. The Hall–Kier alpha value is -1.35. The summed E-state index contributed by atoms with van der Waals surface area (Å²) in [5.41, 5.74) is 1.17. The molecule has 0 unspecified atom stereocenters. The number of rotatable bonds is 1. The lowest BCUT2D eigenvalue weighted by Crippen LogP contribution is -2.18. The minimum absolute atomic E-state index is 0.138. The molecule has 1 saturated heterocycles. The van der Waals surface area contributed by atoms with Crippen LogP contribution in [0.2, 0.25) is 0 Å². The zero-order chi connectivity index (χ0) is 10.1. The van der Waals surface area contributed by atoms with Gasteiger partial charge in [-0.25, -0.2) is 4.68 Å². The first kappa shape index (κ1) is 8.92. The summed E-state index contributed by atoms with van der Waals surface area (Å²) in [6.07, 6.45) is 5.53. The monoisotopic (exact) mass is 202 g/mol. The molecule has 0 aliphatic carbocycles. The highest BCUT2D eigenvalue weighted by Crippen LogP contribution is 2.25. The maximum Gasteiger partial charge on any atom is 0.150 e. The molecule has 1 aromatic carbocycles. The molecule has 1 aromatic heterocycles. The predicted molar refractivity (Wildman–Crippen MR) is 58.6 cm³/mol. The van der Waals surface area contributed by atoms with Gasteiger partial charge < -0.3 is 4.74 Å².